The van der Waals surface area contributed by atoms with Gasteiger partial charge in [-0.15, -0.1) is 0 Å². The normalized spacial score (nSPS) is 14.2. The van der Waals surface area contributed by atoms with Crippen molar-refractivity contribution in [2.75, 3.05) is 30.4 Å². The van der Waals surface area contributed by atoms with E-state index in [2.05, 4.69) is 22.6 Å². The number of rotatable bonds is 4. The van der Waals surface area contributed by atoms with Crippen LogP contribution in [0, 0.1) is 0 Å². The van der Waals surface area contributed by atoms with Gasteiger partial charge in [0, 0.05) is 36.5 Å². The molecule has 126 valence electrons. The van der Waals surface area contributed by atoms with Crippen LogP contribution in [-0.4, -0.2) is 31.3 Å². The number of amides is 2. The predicted molar refractivity (Wildman–Crippen MR) is 96.8 cm³/mol. The first-order valence-electron chi connectivity index (χ1n) is 7.85. The molecule has 3 N–H and O–H groups in total. The molecule has 6 heteroatoms. The molecular formula is C18H20ClN3O2. The number of aliphatic hydroxyl groups is 1. The SMILES string of the molecule is CN1CCc2cc(C(O)CNC(=O)Nc3cccc(Cl)c3)ccc21. The summed E-state index contributed by atoms with van der Waals surface area (Å²) in [5, 5.41) is 16.2. The van der Waals surface area contributed by atoms with Crippen molar-refractivity contribution in [1.82, 2.24) is 5.32 Å². The topological polar surface area (TPSA) is 64.6 Å². The number of fused-ring (bicyclic) bond motifs is 1. The monoisotopic (exact) mass is 345 g/mol. The van der Waals surface area contributed by atoms with E-state index in [1.807, 2.05) is 18.2 Å². The van der Waals surface area contributed by atoms with Crippen LogP contribution in [-0.2, 0) is 6.42 Å². The van der Waals surface area contributed by atoms with E-state index in [4.69, 9.17) is 11.6 Å². The fourth-order valence-corrected chi connectivity index (χ4v) is 3.03. The van der Waals surface area contributed by atoms with E-state index >= 15 is 0 Å². The van der Waals surface area contributed by atoms with Gasteiger partial charge in [0.1, 0.15) is 0 Å². The Hall–Kier alpha value is -2.24. The van der Waals surface area contributed by atoms with Gasteiger partial charge in [-0.05, 0) is 41.8 Å². The summed E-state index contributed by atoms with van der Waals surface area (Å²) < 4.78 is 0. The molecule has 1 heterocycles. The van der Waals surface area contributed by atoms with Gasteiger partial charge in [0.15, 0.2) is 0 Å². The second kappa shape index (κ2) is 7.11. The highest BCUT2D eigenvalue weighted by atomic mass is 35.5. The molecule has 2 aromatic carbocycles. The Morgan fingerprint density at radius 2 is 2.17 bits per heavy atom. The van der Waals surface area contributed by atoms with Crippen molar-refractivity contribution < 1.29 is 9.90 Å². The van der Waals surface area contributed by atoms with Crippen molar-refractivity contribution in [1.29, 1.82) is 0 Å². The Labute approximate surface area is 146 Å². The van der Waals surface area contributed by atoms with Gasteiger partial charge in [-0.2, -0.15) is 0 Å². The largest absolute Gasteiger partial charge is 0.387 e. The zero-order chi connectivity index (χ0) is 17.1. The van der Waals surface area contributed by atoms with Gasteiger partial charge >= 0.3 is 6.03 Å². The molecule has 5 nitrogen and oxygen atoms in total. The van der Waals surface area contributed by atoms with Gasteiger partial charge < -0.3 is 20.6 Å². The number of nitrogens with one attached hydrogen (secondary N) is 2. The minimum Gasteiger partial charge on any atom is -0.387 e. The van der Waals surface area contributed by atoms with Crippen molar-refractivity contribution in [2.24, 2.45) is 0 Å². The van der Waals surface area contributed by atoms with Gasteiger partial charge in [0.25, 0.3) is 0 Å². The molecule has 0 aromatic heterocycles. The van der Waals surface area contributed by atoms with E-state index in [0.29, 0.717) is 10.7 Å². The van der Waals surface area contributed by atoms with Crippen LogP contribution in [0.25, 0.3) is 0 Å². The molecular weight excluding hydrogens is 326 g/mol. The van der Waals surface area contributed by atoms with Crippen LogP contribution in [0.3, 0.4) is 0 Å². The van der Waals surface area contributed by atoms with Crippen molar-refractivity contribution in [2.45, 2.75) is 12.5 Å². The molecule has 2 aromatic rings. The number of likely N-dealkylation sites (N-methyl/N-ethyl adjacent to an activating group) is 1. The number of hydrogen-bond donors (Lipinski definition) is 3. The van der Waals surface area contributed by atoms with Crippen molar-refractivity contribution in [3.8, 4) is 0 Å². The third kappa shape index (κ3) is 3.80. The lowest BCUT2D eigenvalue weighted by atomic mass is 10.0. The zero-order valence-corrected chi connectivity index (χ0v) is 14.2. The van der Waals surface area contributed by atoms with Crippen molar-refractivity contribution in [3.05, 3.63) is 58.6 Å². The van der Waals surface area contributed by atoms with Crippen LogP contribution < -0.4 is 15.5 Å². The number of aliphatic hydroxyl groups excluding tert-OH is 1. The lowest BCUT2D eigenvalue weighted by molar-refractivity contribution is 0.175. The molecule has 1 aliphatic rings. The number of hydrogen-bond acceptors (Lipinski definition) is 3. The molecule has 1 unspecified atom stereocenters. The lowest BCUT2D eigenvalue weighted by Crippen LogP contribution is -2.32. The maximum Gasteiger partial charge on any atom is 0.319 e. The van der Waals surface area contributed by atoms with E-state index < -0.39 is 6.10 Å². The average Bonchev–Trinajstić information content (AvgIpc) is 2.93. The summed E-state index contributed by atoms with van der Waals surface area (Å²) >= 11 is 5.88. The Morgan fingerprint density at radius 3 is 2.96 bits per heavy atom. The smallest absolute Gasteiger partial charge is 0.319 e. The highest BCUT2D eigenvalue weighted by Crippen LogP contribution is 2.29. The van der Waals surface area contributed by atoms with E-state index in [9.17, 15) is 9.90 Å². The predicted octanol–water partition coefficient (Wildman–Crippen LogP) is 3.19. The van der Waals surface area contributed by atoms with Crippen LogP contribution in [0.1, 0.15) is 17.2 Å². The number of anilines is 2. The molecule has 0 saturated carbocycles. The van der Waals surface area contributed by atoms with E-state index in [-0.39, 0.29) is 12.6 Å². The Balaban J connectivity index is 1.55. The maximum atomic E-state index is 11.9. The second-order valence-corrected chi connectivity index (χ2v) is 6.36. The third-order valence-corrected chi connectivity index (χ3v) is 4.39. The highest BCUT2D eigenvalue weighted by Gasteiger charge is 2.18. The quantitative estimate of drug-likeness (QED) is 0.797. The molecule has 24 heavy (non-hydrogen) atoms. The third-order valence-electron chi connectivity index (χ3n) is 4.15. The molecule has 3 rings (SSSR count). The zero-order valence-electron chi connectivity index (χ0n) is 13.4. The summed E-state index contributed by atoms with van der Waals surface area (Å²) in [6.45, 7) is 1.14. The number of benzene rings is 2. The minimum absolute atomic E-state index is 0.140. The molecule has 0 aliphatic carbocycles. The molecule has 0 radical (unpaired) electrons. The van der Waals surface area contributed by atoms with Gasteiger partial charge in [0.2, 0.25) is 0 Å². The number of halogens is 1. The van der Waals surface area contributed by atoms with Crippen LogP contribution in [0.5, 0.6) is 0 Å². The summed E-state index contributed by atoms with van der Waals surface area (Å²) in [5.74, 6) is 0. The van der Waals surface area contributed by atoms with Crippen LogP contribution >= 0.6 is 11.6 Å². The molecule has 1 atom stereocenters. The molecule has 2 amide bonds. The van der Waals surface area contributed by atoms with Crippen LogP contribution in [0.15, 0.2) is 42.5 Å². The number of nitrogens with zero attached hydrogens (tertiary/aromatic N) is 1. The lowest BCUT2D eigenvalue weighted by Gasteiger charge is -2.16. The minimum atomic E-state index is -0.744. The van der Waals surface area contributed by atoms with Gasteiger partial charge in [0.05, 0.1) is 6.10 Å². The van der Waals surface area contributed by atoms with E-state index in [1.165, 1.54) is 11.3 Å². The molecule has 0 fully saturated rings. The van der Waals surface area contributed by atoms with Crippen LogP contribution in [0.4, 0.5) is 16.2 Å². The van der Waals surface area contributed by atoms with Gasteiger partial charge in [-0.3, -0.25) is 0 Å². The van der Waals surface area contributed by atoms with Crippen molar-refractivity contribution >= 4 is 29.0 Å². The Bertz CT molecular complexity index is 751. The fraction of sp³-hybridized carbons (Fsp3) is 0.278. The summed E-state index contributed by atoms with van der Waals surface area (Å²) in [6, 6.07) is 12.5. The van der Waals surface area contributed by atoms with Gasteiger partial charge in [-0.1, -0.05) is 29.8 Å². The second-order valence-electron chi connectivity index (χ2n) is 5.92. The Morgan fingerprint density at radius 1 is 1.33 bits per heavy atom. The average molecular weight is 346 g/mol. The number of urea groups is 1. The first-order valence-corrected chi connectivity index (χ1v) is 8.23. The number of carbonyl (C=O) groups is 1. The van der Waals surface area contributed by atoms with E-state index in [0.717, 1.165) is 18.5 Å². The molecule has 1 aliphatic heterocycles. The molecule has 0 bridgehead atoms. The molecule has 0 spiro atoms. The number of carbonyl (C=O) groups excluding carboxylic acids is 1. The fourth-order valence-electron chi connectivity index (χ4n) is 2.84. The Kier molecular flexibility index (Phi) is 4.92. The molecule has 0 saturated heterocycles. The van der Waals surface area contributed by atoms with Crippen molar-refractivity contribution in [3.63, 3.8) is 0 Å². The van der Waals surface area contributed by atoms with E-state index in [1.54, 1.807) is 24.3 Å². The summed E-state index contributed by atoms with van der Waals surface area (Å²) in [4.78, 5) is 14.1. The standard InChI is InChI=1S/C18H20ClN3O2/c1-22-8-7-12-9-13(5-6-16(12)22)17(23)11-20-18(24)21-15-4-2-3-14(19)10-15/h2-6,9-10,17,23H,7-8,11H2,1H3,(H2,20,21,24). The highest BCUT2D eigenvalue weighted by molar-refractivity contribution is 6.30. The maximum absolute atomic E-state index is 11.9. The summed E-state index contributed by atoms with van der Waals surface area (Å²) in [5.41, 5.74) is 3.86. The first-order chi connectivity index (χ1) is 11.5. The van der Waals surface area contributed by atoms with Crippen LogP contribution in [0.2, 0.25) is 5.02 Å². The first kappa shape index (κ1) is 16.6. The van der Waals surface area contributed by atoms with Gasteiger partial charge in [-0.25, -0.2) is 4.79 Å². The summed E-state index contributed by atoms with van der Waals surface area (Å²) in [6.07, 6.45) is 0.237. The summed E-state index contributed by atoms with van der Waals surface area (Å²) in [7, 11) is 2.06.